The lowest BCUT2D eigenvalue weighted by molar-refractivity contribution is -0.183. The summed E-state index contributed by atoms with van der Waals surface area (Å²) >= 11 is 2.86. The maximum Gasteiger partial charge on any atom is 0.383 e. The van der Waals surface area contributed by atoms with Crippen LogP contribution in [0.4, 0.5) is 17.6 Å². The van der Waals surface area contributed by atoms with Crippen LogP contribution in [0, 0.1) is 0 Å². The van der Waals surface area contributed by atoms with Crippen LogP contribution in [0.3, 0.4) is 0 Å². The molecule has 3 nitrogen and oxygen atoms in total. The van der Waals surface area contributed by atoms with Gasteiger partial charge >= 0.3 is 12.3 Å². The van der Waals surface area contributed by atoms with Gasteiger partial charge in [-0.2, -0.15) is 8.78 Å². The van der Waals surface area contributed by atoms with Gasteiger partial charge in [-0.3, -0.25) is 9.59 Å². The number of rotatable bonds is 6. The Hall–Kier alpha value is -0.660. The Morgan fingerprint density at radius 1 is 1.26 bits per heavy atom. The highest BCUT2D eigenvalue weighted by Crippen LogP contribution is 2.30. The van der Waals surface area contributed by atoms with Gasteiger partial charge in [-0.25, -0.2) is 8.78 Å². The normalized spacial score (nSPS) is 16.9. The summed E-state index contributed by atoms with van der Waals surface area (Å²) in [6, 6.07) is -0.555. The Bertz CT molecular complexity index is 346. The van der Waals surface area contributed by atoms with E-state index in [-0.39, 0.29) is 5.33 Å². The number of carbonyl (C=O) groups excluding carboxylic acids is 2. The fourth-order valence-electron chi connectivity index (χ4n) is 2.10. The predicted octanol–water partition coefficient (Wildman–Crippen LogP) is 2.62. The number of alkyl halides is 5. The van der Waals surface area contributed by atoms with Crippen molar-refractivity contribution < 1.29 is 27.2 Å². The molecule has 1 fully saturated rings. The third-order valence-electron chi connectivity index (χ3n) is 3.08. The van der Waals surface area contributed by atoms with Crippen LogP contribution in [0.1, 0.15) is 25.7 Å². The summed E-state index contributed by atoms with van der Waals surface area (Å²) in [5.41, 5.74) is 0. The van der Waals surface area contributed by atoms with Crippen LogP contribution < -0.4 is 0 Å². The van der Waals surface area contributed by atoms with Gasteiger partial charge in [0.05, 0.1) is 11.9 Å². The predicted molar refractivity (Wildman–Crippen MR) is 63.7 cm³/mol. The molecule has 1 aliphatic rings. The van der Waals surface area contributed by atoms with Crippen LogP contribution in [-0.2, 0) is 9.59 Å². The quantitative estimate of drug-likeness (QED) is 0.547. The van der Waals surface area contributed by atoms with Crippen LogP contribution in [0.25, 0.3) is 0 Å². The molecule has 0 aliphatic heterocycles. The molecule has 0 N–H and O–H groups in total. The van der Waals surface area contributed by atoms with Gasteiger partial charge in [-0.05, 0) is 12.8 Å². The average molecular weight is 348 g/mol. The molecular formula is C11H14BrF4NO2. The highest BCUT2D eigenvalue weighted by Gasteiger charge is 2.52. The number of hydrogen-bond acceptors (Lipinski definition) is 2. The monoisotopic (exact) mass is 347 g/mol. The third-order valence-corrected chi connectivity index (χ3v) is 3.71. The molecule has 1 rings (SSSR count). The molecular weight excluding hydrogens is 334 g/mol. The van der Waals surface area contributed by atoms with Crippen molar-refractivity contribution in [2.45, 2.75) is 44.1 Å². The average Bonchev–Trinajstić information content (AvgIpc) is 2.88. The summed E-state index contributed by atoms with van der Waals surface area (Å²) in [7, 11) is 0. The molecule has 19 heavy (non-hydrogen) atoms. The molecule has 0 heterocycles. The third kappa shape index (κ3) is 3.90. The molecule has 0 saturated heterocycles. The molecule has 110 valence electrons. The first kappa shape index (κ1) is 16.4. The molecule has 1 amide bonds. The second-order valence-electron chi connectivity index (χ2n) is 4.47. The lowest BCUT2D eigenvalue weighted by Crippen LogP contribution is -2.52. The zero-order chi connectivity index (χ0) is 14.6. The van der Waals surface area contributed by atoms with Gasteiger partial charge < -0.3 is 4.90 Å². The van der Waals surface area contributed by atoms with Crippen LogP contribution in [-0.4, -0.2) is 46.9 Å². The number of carbonyl (C=O) groups is 2. The SMILES string of the molecule is O=C(CBr)CN(C(=O)C(F)(F)C(F)F)C1CCCC1. The second-order valence-corrected chi connectivity index (χ2v) is 5.03. The maximum atomic E-state index is 13.1. The molecule has 0 unspecified atom stereocenters. The second kappa shape index (κ2) is 6.67. The van der Waals surface area contributed by atoms with Crippen LogP contribution in [0.15, 0.2) is 0 Å². The Morgan fingerprint density at radius 2 is 1.79 bits per heavy atom. The van der Waals surface area contributed by atoms with Crippen molar-refractivity contribution in [1.29, 1.82) is 0 Å². The van der Waals surface area contributed by atoms with Crippen LogP contribution in [0.2, 0.25) is 0 Å². The molecule has 0 aromatic carbocycles. The summed E-state index contributed by atoms with van der Waals surface area (Å²) in [4.78, 5) is 23.5. The molecule has 0 aromatic heterocycles. The number of Topliss-reactive ketones (excluding diaryl/α,β-unsaturated/α-hetero) is 1. The number of halogens is 5. The van der Waals surface area contributed by atoms with Gasteiger partial charge in [0.15, 0.2) is 5.78 Å². The minimum Gasteiger partial charge on any atom is -0.327 e. The van der Waals surface area contributed by atoms with Crippen molar-refractivity contribution >= 4 is 27.6 Å². The zero-order valence-electron chi connectivity index (χ0n) is 10.1. The Balaban J connectivity index is 2.89. The molecule has 0 aromatic rings. The van der Waals surface area contributed by atoms with Crippen LogP contribution in [0.5, 0.6) is 0 Å². The van der Waals surface area contributed by atoms with Gasteiger partial charge in [-0.1, -0.05) is 28.8 Å². The molecule has 0 radical (unpaired) electrons. The van der Waals surface area contributed by atoms with Crippen molar-refractivity contribution in [2.24, 2.45) is 0 Å². The first-order valence-corrected chi connectivity index (χ1v) is 6.97. The van der Waals surface area contributed by atoms with Gasteiger partial charge in [-0.15, -0.1) is 0 Å². The lowest BCUT2D eigenvalue weighted by Gasteiger charge is -2.31. The van der Waals surface area contributed by atoms with E-state index in [4.69, 9.17) is 0 Å². The van der Waals surface area contributed by atoms with E-state index in [1.807, 2.05) is 0 Å². The minimum absolute atomic E-state index is 0.107. The van der Waals surface area contributed by atoms with E-state index in [2.05, 4.69) is 15.9 Å². The van der Waals surface area contributed by atoms with Gasteiger partial charge in [0, 0.05) is 6.04 Å². The molecule has 0 bridgehead atoms. The van der Waals surface area contributed by atoms with E-state index >= 15 is 0 Å². The molecule has 8 heteroatoms. The molecule has 0 spiro atoms. The Morgan fingerprint density at radius 3 is 2.21 bits per heavy atom. The molecule has 0 atom stereocenters. The van der Waals surface area contributed by atoms with E-state index in [1.54, 1.807) is 0 Å². The van der Waals surface area contributed by atoms with E-state index in [9.17, 15) is 27.2 Å². The summed E-state index contributed by atoms with van der Waals surface area (Å²) < 4.78 is 50.7. The van der Waals surface area contributed by atoms with Crippen molar-refractivity contribution in [3.8, 4) is 0 Å². The smallest absolute Gasteiger partial charge is 0.327 e. The zero-order valence-corrected chi connectivity index (χ0v) is 11.6. The highest BCUT2D eigenvalue weighted by molar-refractivity contribution is 9.09. The standard InChI is InChI=1S/C11H14BrF4NO2/c12-5-8(18)6-17(7-3-1-2-4-7)10(19)11(15,16)9(13)14/h7,9H,1-6H2. The Kier molecular flexibility index (Phi) is 5.76. The molecule has 1 saturated carbocycles. The van der Waals surface area contributed by atoms with E-state index < -0.39 is 36.6 Å². The van der Waals surface area contributed by atoms with Crippen molar-refractivity contribution in [1.82, 2.24) is 4.90 Å². The van der Waals surface area contributed by atoms with E-state index in [0.717, 1.165) is 12.8 Å². The van der Waals surface area contributed by atoms with E-state index in [1.165, 1.54) is 0 Å². The summed E-state index contributed by atoms with van der Waals surface area (Å²) in [6.45, 7) is -0.558. The number of hydrogen-bond donors (Lipinski definition) is 0. The van der Waals surface area contributed by atoms with Gasteiger partial charge in [0.25, 0.3) is 5.91 Å². The first-order chi connectivity index (χ1) is 8.80. The fraction of sp³-hybridized carbons (Fsp3) is 0.818. The summed E-state index contributed by atoms with van der Waals surface area (Å²) in [6.07, 6.45) is -1.68. The van der Waals surface area contributed by atoms with Crippen LogP contribution >= 0.6 is 15.9 Å². The number of amides is 1. The van der Waals surface area contributed by atoms with Crippen molar-refractivity contribution in [2.75, 3.05) is 11.9 Å². The minimum atomic E-state index is -4.74. The topological polar surface area (TPSA) is 37.4 Å². The highest BCUT2D eigenvalue weighted by atomic mass is 79.9. The fourth-order valence-corrected chi connectivity index (χ4v) is 2.28. The van der Waals surface area contributed by atoms with Crippen molar-refractivity contribution in [3.05, 3.63) is 0 Å². The summed E-state index contributed by atoms with van der Waals surface area (Å²) in [5.74, 6) is -7.19. The van der Waals surface area contributed by atoms with E-state index in [0.29, 0.717) is 17.7 Å². The lowest BCUT2D eigenvalue weighted by atomic mass is 10.1. The van der Waals surface area contributed by atoms with Crippen molar-refractivity contribution in [3.63, 3.8) is 0 Å². The van der Waals surface area contributed by atoms with Gasteiger partial charge in [0.2, 0.25) is 0 Å². The number of nitrogens with zero attached hydrogens (tertiary/aromatic N) is 1. The Labute approximate surface area is 116 Å². The largest absolute Gasteiger partial charge is 0.383 e. The first-order valence-electron chi connectivity index (χ1n) is 5.85. The number of ketones is 1. The van der Waals surface area contributed by atoms with Gasteiger partial charge in [0.1, 0.15) is 0 Å². The maximum absolute atomic E-state index is 13.1. The summed E-state index contributed by atoms with van der Waals surface area (Å²) in [5, 5.41) is -0.107. The molecule has 1 aliphatic carbocycles.